The maximum absolute atomic E-state index is 12.1. The van der Waals surface area contributed by atoms with Gasteiger partial charge in [0.1, 0.15) is 5.75 Å². The topological polar surface area (TPSA) is 75.6 Å². The number of hydrogen-bond donors (Lipinski definition) is 2. The Morgan fingerprint density at radius 3 is 2.67 bits per heavy atom. The molecule has 0 saturated heterocycles. The van der Waals surface area contributed by atoms with Gasteiger partial charge in [-0.25, -0.2) is 4.79 Å². The molecule has 0 saturated carbocycles. The average molecular weight is 435 g/mol. The molecule has 0 spiro atoms. The number of hydrogen-bond acceptors (Lipinski definition) is 4. The molecule has 1 aromatic heterocycles. The fourth-order valence-corrected chi connectivity index (χ4v) is 4.30. The average Bonchev–Trinajstić information content (AvgIpc) is 2.76. The molecule has 1 heterocycles. The van der Waals surface area contributed by atoms with Crippen molar-refractivity contribution in [2.24, 2.45) is 0 Å². The van der Waals surface area contributed by atoms with Gasteiger partial charge >= 0.3 is 5.97 Å². The van der Waals surface area contributed by atoms with Crippen LogP contribution < -0.4 is 10.1 Å². The van der Waals surface area contributed by atoms with Crippen molar-refractivity contribution < 1.29 is 19.4 Å². The highest BCUT2D eigenvalue weighted by Gasteiger charge is 2.14. The van der Waals surface area contributed by atoms with Crippen molar-refractivity contribution in [2.75, 3.05) is 11.9 Å². The van der Waals surface area contributed by atoms with Crippen LogP contribution in [0.5, 0.6) is 5.75 Å². The largest absolute Gasteiger partial charge is 0.482 e. The highest BCUT2D eigenvalue weighted by atomic mass is 79.9. The highest BCUT2D eigenvalue weighted by molar-refractivity contribution is 9.12. The number of anilines is 1. The number of halogens is 2. The van der Waals surface area contributed by atoms with Crippen LogP contribution in [0.4, 0.5) is 5.69 Å². The summed E-state index contributed by atoms with van der Waals surface area (Å²) in [6.45, 7) is -0.430. The number of carbonyl (C=O) groups is 2. The Bertz CT molecular complexity index is 687. The van der Waals surface area contributed by atoms with Gasteiger partial charge in [-0.3, -0.25) is 4.79 Å². The first-order valence-electron chi connectivity index (χ1n) is 5.66. The van der Waals surface area contributed by atoms with Crippen molar-refractivity contribution in [2.45, 2.75) is 0 Å². The highest BCUT2D eigenvalue weighted by Crippen LogP contribution is 2.32. The van der Waals surface area contributed by atoms with Gasteiger partial charge in [-0.1, -0.05) is 6.07 Å². The Balaban J connectivity index is 2.09. The van der Waals surface area contributed by atoms with E-state index in [0.29, 0.717) is 17.0 Å². The molecule has 2 N–H and O–H groups in total. The fourth-order valence-electron chi connectivity index (χ4n) is 1.50. The van der Waals surface area contributed by atoms with Crippen LogP contribution in [0.1, 0.15) is 10.4 Å². The van der Waals surface area contributed by atoms with E-state index in [9.17, 15) is 9.59 Å². The first kappa shape index (κ1) is 16.0. The van der Waals surface area contributed by atoms with E-state index in [1.807, 2.05) is 0 Å². The number of rotatable bonds is 5. The Kier molecular flexibility index (Phi) is 5.38. The third kappa shape index (κ3) is 4.55. The van der Waals surface area contributed by atoms with Gasteiger partial charge in [-0.05, 0) is 50.1 Å². The third-order valence-electron chi connectivity index (χ3n) is 2.36. The minimum absolute atomic E-state index is 0.265. The van der Waals surface area contributed by atoms with Gasteiger partial charge in [0.15, 0.2) is 6.61 Å². The molecule has 0 fully saturated rings. The summed E-state index contributed by atoms with van der Waals surface area (Å²) >= 11 is 8.04. The van der Waals surface area contributed by atoms with Crippen LogP contribution in [-0.2, 0) is 4.79 Å². The smallest absolute Gasteiger partial charge is 0.341 e. The summed E-state index contributed by atoms with van der Waals surface area (Å²) in [5, 5.41) is 11.3. The lowest BCUT2D eigenvalue weighted by Crippen LogP contribution is -2.12. The van der Waals surface area contributed by atoms with E-state index in [-0.39, 0.29) is 5.91 Å². The van der Waals surface area contributed by atoms with E-state index in [4.69, 9.17) is 9.84 Å². The molecule has 110 valence electrons. The molecule has 2 rings (SSSR count). The number of carboxylic acid groups (broad SMARTS) is 1. The maximum Gasteiger partial charge on any atom is 0.341 e. The van der Waals surface area contributed by atoms with Crippen LogP contribution in [-0.4, -0.2) is 23.6 Å². The molecular formula is C13H9Br2NO4S. The maximum atomic E-state index is 12.1. The third-order valence-corrected chi connectivity index (χ3v) is 4.69. The van der Waals surface area contributed by atoms with E-state index < -0.39 is 12.6 Å². The molecule has 0 aliphatic heterocycles. The Hall–Kier alpha value is -1.38. The summed E-state index contributed by atoms with van der Waals surface area (Å²) in [7, 11) is 0. The van der Waals surface area contributed by atoms with Crippen LogP contribution in [0.25, 0.3) is 0 Å². The van der Waals surface area contributed by atoms with Crippen LogP contribution in [0.3, 0.4) is 0 Å². The molecule has 1 aromatic carbocycles. The number of ether oxygens (including phenoxy) is 1. The summed E-state index contributed by atoms with van der Waals surface area (Å²) < 4.78 is 6.63. The summed E-state index contributed by atoms with van der Waals surface area (Å²) in [5.41, 5.74) is 1.04. The second kappa shape index (κ2) is 7.06. The zero-order valence-electron chi connectivity index (χ0n) is 10.4. The second-order valence-corrected chi connectivity index (χ2v) is 7.65. The number of thiophene rings is 1. The first-order chi connectivity index (χ1) is 9.95. The molecule has 1 amide bonds. The van der Waals surface area contributed by atoms with Crippen LogP contribution in [0.15, 0.2) is 37.9 Å². The molecule has 2 aromatic rings. The number of carboxylic acids is 1. The van der Waals surface area contributed by atoms with E-state index in [1.54, 1.807) is 30.3 Å². The monoisotopic (exact) mass is 433 g/mol. The number of carbonyl (C=O) groups excluding carboxylic acids is 1. The summed E-state index contributed by atoms with van der Waals surface area (Å²) in [6, 6.07) is 8.27. The lowest BCUT2D eigenvalue weighted by atomic mass is 10.2. The predicted octanol–water partition coefficient (Wildman–Crippen LogP) is 3.99. The quantitative estimate of drug-likeness (QED) is 0.745. The van der Waals surface area contributed by atoms with Crippen molar-refractivity contribution in [1.82, 2.24) is 0 Å². The predicted molar refractivity (Wildman–Crippen MR) is 87.2 cm³/mol. The van der Waals surface area contributed by atoms with Crippen LogP contribution in [0.2, 0.25) is 0 Å². The Morgan fingerprint density at radius 2 is 2.05 bits per heavy atom. The van der Waals surface area contributed by atoms with Gasteiger partial charge in [-0.2, -0.15) is 0 Å². The molecule has 0 atom stereocenters. The van der Waals surface area contributed by atoms with E-state index in [0.717, 1.165) is 7.57 Å². The second-order valence-electron chi connectivity index (χ2n) is 3.90. The SMILES string of the molecule is O=C(O)COc1cccc(NC(=O)c2cc(Br)sc2Br)c1. The van der Waals surface area contributed by atoms with Gasteiger partial charge < -0.3 is 15.2 Å². The van der Waals surface area contributed by atoms with E-state index in [1.165, 1.54) is 11.3 Å². The van der Waals surface area contributed by atoms with Crippen LogP contribution in [0, 0.1) is 0 Å². The van der Waals surface area contributed by atoms with Gasteiger partial charge in [0, 0.05) is 11.8 Å². The lowest BCUT2D eigenvalue weighted by molar-refractivity contribution is -0.139. The number of amides is 1. The molecule has 0 aliphatic carbocycles. The zero-order chi connectivity index (χ0) is 15.4. The van der Waals surface area contributed by atoms with Gasteiger partial charge in [0.2, 0.25) is 0 Å². The molecule has 0 unspecified atom stereocenters. The Labute approximate surface area is 141 Å². The molecule has 0 radical (unpaired) electrons. The van der Waals surface area contributed by atoms with Crippen molar-refractivity contribution in [3.63, 3.8) is 0 Å². The minimum Gasteiger partial charge on any atom is -0.482 e. The molecule has 8 heteroatoms. The molecule has 5 nitrogen and oxygen atoms in total. The number of aliphatic carboxylic acids is 1. The van der Waals surface area contributed by atoms with Gasteiger partial charge in [0.05, 0.1) is 13.1 Å². The number of nitrogens with one attached hydrogen (secondary N) is 1. The van der Waals surface area contributed by atoms with Crippen molar-refractivity contribution in [1.29, 1.82) is 0 Å². The zero-order valence-corrected chi connectivity index (χ0v) is 14.4. The van der Waals surface area contributed by atoms with Gasteiger partial charge in [0.25, 0.3) is 5.91 Å². The lowest BCUT2D eigenvalue weighted by Gasteiger charge is -2.07. The number of benzene rings is 1. The normalized spacial score (nSPS) is 10.2. The molecule has 0 bridgehead atoms. The standard InChI is InChI=1S/C13H9Br2NO4S/c14-10-5-9(12(15)21-10)13(19)16-7-2-1-3-8(4-7)20-6-11(17)18/h1-5H,6H2,(H,16,19)(H,17,18). The van der Waals surface area contributed by atoms with Crippen molar-refractivity contribution in [3.05, 3.63) is 43.5 Å². The molecule has 0 aliphatic rings. The fraction of sp³-hybridized carbons (Fsp3) is 0.0769. The van der Waals surface area contributed by atoms with Crippen LogP contribution >= 0.6 is 43.2 Å². The van der Waals surface area contributed by atoms with E-state index in [2.05, 4.69) is 37.2 Å². The molecule has 21 heavy (non-hydrogen) atoms. The summed E-state index contributed by atoms with van der Waals surface area (Å²) in [5.74, 6) is -0.948. The van der Waals surface area contributed by atoms with E-state index >= 15 is 0 Å². The van der Waals surface area contributed by atoms with Crippen molar-refractivity contribution in [3.8, 4) is 5.75 Å². The summed E-state index contributed by atoms with van der Waals surface area (Å²) in [6.07, 6.45) is 0. The minimum atomic E-state index is -1.06. The van der Waals surface area contributed by atoms with Crippen molar-refractivity contribution >= 4 is 60.8 Å². The molecular weight excluding hydrogens is 426 g/mol. The summed E-state index contributed by atoms with van der Waals surface area (Å²) in [4.78, 5) is 22.6. The first-order valence-corrected chi connectivity index (χ1v) is 8.07. The Morgan fingerprint density at radius 1 is 1.29 bits per heavy atom. The van der Waals surface area contributed by atoms with Gasteiger partial charge in [-0.15, -0.1) is 11.3 Å².